The second-order valence-electron chi connectivity index (χ2n) is 7.11. The van der Waals surface area contributed by atoms with Crippen LogP contribution in [0.25, 0.3) is 10.8 Å². The normalized spacial score (nSPS) is 12.2. The molecule has 3 aromatic rings. The average Bonchev–Trinajstić information content (AvgIpc) is 2.84. The van der Waals surface area contributed by atoms with Gasteiger partial charge in [0.1, 0.15) is 12.4 Å². The first-order chi connectivity index (χ1) is 15.4. The van der Waals surface area contributed by atoms with E-state index >= 15 is 0 Å². The lowest BCUT2D eigenvalue weighted by atomic mass is 10.00. The highest BCUT2D eigenvalue weighted by Crippen LogP contribution is 2.54. The van der Waals surface area contributed by atoms with Crippen LogP contribution in [0.4, 0.5) is 0 Å². The summed E-state index contributed by atoms with van der Waals surface area (Å²) in [5.41, 5.74) is 2.49. The van der Waals surface area contributed by atoms with Crippen LogP contribution in [0, 0.1) is 0 Å². The third-order valence-corrected chi connectivity index (χ3v) is 8.93. The molecule has 0 bridgehead atoms. The van der Waals surface area contributed by atoms with Gasteiger partial charge >= 0.3 is 15.2 Å². The molecule has 0 unspecified atom stereocenters. The molecule has 0 aliphatic rings. The second kappa shape index (κ2) is 10.8. The summed E-state index contributed by atoms with van der Waals surface area (Å²) in [4.78, 5) is 0. The van der Waals surface area contributed by atoms with Crippen molar-refractivity contribution in [3.8, 4) is 5.75 Å². The van der Waals surface area contributed by atoms with E-state index < -0.39 is 15.2 Å². The van der Waals surface area contributed by atoms with Crippen molar-refractivity contribution in [2.45, 2.75) is 18.9 Å². The van der Waals surface area contributed by atoms with E-state index in [0.29, 0.717) is 12.4 Å². The van der Waals surface area contributed by atoms with Gasteiger partial charge in [0.15, 0.2) is 0 Å². The zero-order valence-electron chi connectivity index (χ0n) is 18.6. The molecular weight excluding hydrogens is 450 g/mol. The average molecular weight is 478 g/mol. The Morgan fingerprint density at radius 2 is 1.22 bits per heavy atom. The van der Waals surface area contributed by atoms with Crippen LogP contribution in [0.15, 0.2) is 60.7 Å². The van der Waals surface area contributed by atoms with E-state index in [-0.39, 0.29) is 12.3 Å². The highest BCUT2D eigenvalue weighted by molar-refractivity contribution is 7.53. The molecule has 0 aliphatic heterocycles. The lowest BCUT2D eigenvalue weighted by Gasteiger charge is -2.20. The van der Waals surface area contributed by atoms with Gasteiger partial charge in [0, 0.05) is 33.8 Å². The van der Waals surface area contributed by atoms with Gasteiger partial charge in [-0.1, -0.05) is 54.6 Å². The van der Waals surface area contributed by atoms with Gasteiger partial charge in [-0.3, -0.25) is 9.13 Å². The summed E-state index contributed by atoms with van der Waals surface area (Å²) in [5.74, 6) is 0.656. The third-order valence-electron chi connectivity index (χ3n) is 5.25. The molecule has 32 heavy (non-hydrogen) atoms. The smallest absolute Gasteiger partial charge is 0.334 e. The molecule has 0 heterocycles. The third kappa shape index (κ3) is 5.68. The van der Waals surface area contributed by atoms with Crippen molar-refractivity contribution >= 4 is 26.0 Å². The number of hydrogen-bond acceptors (Lipinski definition) is 7. The maximum atomic E-state index is 12.9. The monoisotopic (exact) mass is 478 g/mol. The van der Waals surface area contributed by atoms with Gasteiger partial charge in [0.2, 0.25) is 0 Å². The van der Waals surface area contributed by atoms with Crippen LogP contribution in [0.5, 0.6) is 5.75 Å². The Labute approximate surface area is 188 Å². The summed E-state index contributed by atoms with van der Waals surface area (Å²) >= 11 is 0. The number of hydrogen-bond donors (Lipinski definition) is 0. The zero-order valence-corrected chi connectivity index (χ0v) is 20.4. The Bertz CT molecular complexity index is 1100. The predicted octanol–water partition coefficient (Wildman–Crippen LogP) is 6.39. The molecule has 0 aliphatic carbocycles. The van der Waals surface area contributed by atoms with Crippen LogP contribution < -0.4 is 4.74 Å². The summed E-state index contributed by atoms with van der Waals surface area (Å²) in [6, 6.07) is 19.1. The summed E-state index contributed by atoms with van der Waals surface area (Å²) in [5, 5.41) is 1.56. The molecule has 0 atom stereocenters. The van der Waals surface area contributed by atoms with Crippen molar-refractivity contribution in [1.82, 2.24) is 0 Å². The van der Waals surface area contributed by atoms with Crippen LogP contribution in [-0.4, -0.2) is 28.4 Å². The molecule has 3 aromatic carbocycles. The largest absolute Gasteiger partial charge is 0.488 e. The van der Waals surface area contributed by atoms with E-state index in [0.717, 1.165) is 27.5 Å². The number of rotatable bonds is 11. The van der Waals surface area contributed by atoms with Crippen molar-refractivity contribution in [2.24, 2.45) is 0 Å². The SMILES string of the molecule is COP(=O)(Cc1cccc2c(OCc3ccccc3)ccc(CP(=O)(OC)OC)c12)OC. The highest BCUT2D eigenvalue weighted by Gasteiger charge is 2.27. The molecule has 0 saturated heterocycles. The molecule has 0 fully saturated rings. The fourth-order valence-corrected chi connectivity index (χ4v) is 5.66. The van der Waals surface area contributed by atoms with E-state index in [1.165, 1.54) is 28.4 Å². The molecule has 7 nitrogen and oxygen atoms in total. The summed E-state index contributed by atoms with van der Waals surface area (Å²) in [6.45, 7) is 0.392. The van der Waals surface area contributed by atoms with E-state index in [2.05, 4.69) is 0 Å². The molecule has 0 amide bonds. The fourth-order valence-electron chi connectivity index (χ4n) is 3.48. The molecule has 0 N–H and O–H groups in total. The Hall–Kier alpha value is -1.98. The summed E-state index contributed by atoms with van der Waals surface area (Å²) in [6.07, 6.45) is 0.105. The topological polar surface area (TPSA) is 80.3 Å². The number of ether oxygens (including phenoxy) is 1. The van der Waals surface area contributed by atoms with Gasteiger partial charge in [-0.25, -0.2) is 0 Å². The standard InChI is InChI=1S/C23H28O7P2/c1-26-31(24,27-2)16-19-11-8-12-21-22(30-15-18-9-6-5-7-10-18)14-13-20(23(19)21)17-32(25,28-3)29-4/h5-14H,15-17H2,1-4H3. The van der Waals surface area contributed by atoms with Crippen molar-refractivity contribution < 1.29 is 32.0 Å². The Morgan fingerprint density at radius 3 is 1.78 bits per heavy atom. The summed E-state index contributed by atoms with van der Waals surface area (Å²) in [7, 11) is -1.26. The minimum absolute atomic E-state index is 0.0523. The van der Waals surface area contributed by atoms with Gasteiger partial charge in [0.25, 0.3) is 0 Å². The first-order valence-electron chi connectivity index (χ1n) is 9.98. The van der Waals surface area contributed by atoms with Crippen molar-refractivity contribution in [2.75, 3.05) is 28.4 Å². The van der Waals surface area contributed by atoms with Crippen molar-refractivity contribution in [1.29, 1.82) is 0 Å². The molecular formula is C23H28O7P2. The second-order valence-corrected chi connectivity index (χ2v) is 11.6. The van der Waals surface area contributed by atoms with Crippen molar-refractivity contribution in [3.05, 3.63) is 77.4 Å². The molecule has 3 rings (SSSR count). The molecule has 0 aromatic heterocycles. The predicted molar refractivity (Wildman–Crippen MR) is 125 cm³/mol. The van der Waals surface area contributed by atoms with Gasteiger partial charge in [-0.15, -0.1) is 0 Å². The van der Waals surface area contributed by atoms with Crippen molar-refractivity contribution in [3.63, 3.8) is 0 Å². The molecule has 9 heteroatoms. The Kier molecular flexibility index (Phi) is 8.29. The molecule has 0 radical (unpaired) electrons. The van der Waals surface area contributed by atoms with E-state index in [9.17, 15) is 9.13 Å². The minimum Gasteiger partial charge on any atom is -0.488 e. The maximum Gasteiger partial charge on any atom is 0.334 e. The minimum atomic E-state index is -3.34. The van der Waals surface area contributed by atoms with Gasteiger partial charge in [0.05, 0.1) is 12.3 Å². The first-order valence-corrected chi connectivity index (χ1v) is 13.4. The van der Waals surface area contributed by atoms with Gasteiger partial charge in [-0.05, 0) is 28.1 Å². The Morgan fingerprint density at radius 1 is 0.656 bits per heavy atom. The van der Waals surface area contributed by atoms with Crippen LogP contribution in [0.2, 0.25) is 0 Å². The van der Waals surface area contributed by atoms with Crippen LogP contribution in [-0.2, 0) is 46.2 Å². The highest BCUT2D eigenvalue weighted by atomic mass is 31.2. The molecule has 0 saturated carbocycles. The molecule has 0 spiro atoms. The number of fused-ring (bicyclic) bond motifs is 1. The maximum absolute atomic E-state index is 12.9. The van der Waals surface area contributed by atoms with E-state index in [1.807, 2.05) is 60.7 Å². The lowest BCUT2D eigenvalue weighted by molar-refractivity contribution is 0.274. The van der Waals surface area contributed by atoms with Crippen LogP contribution in [0.3, 0.4) is 0 Å². The number of benzene rings is 3. The van der Waals surface area contributed by atoms with Crippen LogP contribution >= 0.6 is 15.2 Å². The lowest BCUT2D eigenvalue weighted by Crippen LogP contribution is -2.01. The van der Waals surface area contributed by atoms with E-state index in [4.69, 9.17) is 22.8 Å². The zero-order chi connectivity index (χ0) is 23.2. The first kappa shape index (κ1) is 24.7. The van der Waals surface area contributed by atoms with Gasteiger partial charge < -0.3 is 22.8 Å². The fraction of sp³-hybridized carbons (Fsp3) is 0.304. The summed E-state index contributed by atoms with van der Waals surface area (Å²) < 4.78 is 52.5. The van der Waals surface area contributed by atoms with E-state index in [1.54, 1.807) is 0 Å². The Balaban J connectivity index is 2.11. The molecule has 172 valence electrons. The van der Waals surface area contributed by atoms with Crippen LogP contribution in [0.1, 0.15) is 16.7 Å². The quantitative estimate of drug-likeness (QED) is 0.295. The van der Waals surface area contributed by atoms with Gasteiger partial charge in [-0.2, -0.15) is 0 Å².